The first-order valence-electron chi connectivity index (χ1n) is 9.71. The maximum Gasteiger partial charge on any atom is 0.261 e. The summed E-state index contributed by atoms with van der Waals surface area (Å²) in [6.07, 6.45) is 0. The van der Waals surface area contributed by atoms with Crippen LogP contribution in [0.3, 0.4) is 0 Å². The first-order chi connectivity index (χ1) is 14.0. The van der Waals surface area contributed by atoms with Crippen LogP contribution in [0.2, 0.25) is 10.0 Å². The Hall–Kier alpha value is -2.24. The summed E-state index contributed by atoms with van der Waals surface area (Å²) >= 11 is 12.1. The van der Waals surface area contributed by atoms with Crippen LogP contribution < -0.4 is 10.1 Å². The maximum atomic E-state index is 13.0. The molecule has 1 N–H and O–H groups in total. The lowest BCUT2D eigenvalue weighted by molar-refractivity contribution is -0.142. The van der Waals surface area contributed by atoms with E-state index in [1.807, 2.05) is 39.8 Å². The molecule has 7 heteroatoms. The second-order valence-electron chi connectivity index (χ2n) is 8.27. The molecular weight excluding hydrogens is 423 g/mol. The number of benzene rings is 2. The largest absolute Gasteiger partial charge is 0.484 e. The van der Waals surface area contributed by atoms with Crippen LogP contribution in [0.5, 0.6) is 5.75 Å². The SMILES string of the molecule is Cc1cc(OCC(=O)N(Cc2cccc(Cl)c2)[C@H](C)C(=O)NC(C)(C)C)ccc1Cl. The number of carbonyl (C=O) groups is 2. The third-order valence-electron chi connectivity index (χ3n) is 4.40. The van der Waals surface area contributed by atoms with Crippen molar-refractivity contribution in [3.8, 4) is 5.75 Å². The number of carbonyl (C=O) groups excluding carboxylic acids is 2. The predicted octanol–water partition coefficient (Wildman–Crippen LogP) is 5.01. The van der Waals surface area contributed by atoms with E-state index < -0.39 is 11.6 Å². The van der Waals surface area contributed by atoms with Crippen molar-refractivity contribution in [2.24, 2.45) is 0 Å². The maximum absolute atomic E-state index is 13.0. The minimum absolute atomic E-state index is 0.200. The molecule has 2 aromatic rings. The van der Waals surface area contributed by atoms with Gasteiger partial charge in [-0.2, -0.15) is 0 Å². The van der Waals surface area contributed by atoms with E-state index in [-0.39, 0.29) is 25.0 Å². The Morgan fingerprint density at radius 2 is 1.83 bits per heavy atom. The summed E-state index contributed by atoms with van der Waals surface area (Å²) in [6.45, 7) is 9.29. The zero-order chi connectivity index (χ0) is 22.5. The van der Waals surface area contributed by atoms with Gasteiger partial charge >= 0.3 is 0 Å². The fourth-order valence-electron chi connectivity index (χ4n) is 2.82. The molecule has 30 heavy (non-hydrogen) atoms. The molecular formula is C23H28Cl2N2O3. The Bertz CT molecular complexity index is 910. The van der Waals surface area contributed by atoms with Gasteiger partial charge in [-0.05, 0) is 76.1 Å². The van der Waals surface area contributed by atoms with Crippen LogP contribution in [0, 0.1) is 6.92 Å². The first kappa shape index (κ1) is 24.0. The molecule has 2 aromatic carbocycles. The van der Waals surface area contributed by atoms with Gasteiger partial charge in [-0.15, -0.1) is 0 Å². The molecule has 0 unspecified atom stereocenters. The number of rotatable bonds is 7. The van der Waals surface area contributed by atoms with Crippen LogP contribution in [0.1, 0.15) is 38.8 Å². The summed E-state index contributed by atoms with van der Waals surface area (Å²) in [7, 11) is 0. The van der Waals surface area contributed by atoms with Crippen LogP contribution >= 0.6 is 23.2 Å². The number of halogens is 2. The lowest BCUT2D eigenvalue weighted by atomic mass is 10.1. The molecule has 0 aromatic heterocycles. The van der Waals surface area contributed by atoms with E-state index in [2.05, 4.69) is 5.32 Å². The molecule has 2 rings (SSSR count). The van der Waals surface area contributed by atoms with Crippen molar-refractivity contribution in [2.75, 3.05) is 6.61 Å². The van der Waals surface area contributed by atoms with Crippen molar-refractivity contribution in [1.29, 1.82) is 0 Å². The predicted molar refractivity (Wildman–Crippen MR) is 121 cm³/mol. The Morgan fingerprint density at radius 1 is 1.13 bits per heavy atom. The topological polar surface area (TPSA) is 58.6 Å². The Balaban J connectivity index is 2.18. The van der Waals surface area contributed by atoms with Gasteiger partial charge in [-0.3, -0.25) is 9.59 Å². The smallest absolute Gasteiger partial charge is 0.261 e. The van der Waals surface area contributed by atoms with Crippen LogP contribution in [-0.2, 0) is 16.1 Å². The van der Waals surface area contributed by atoms with Crippen molar-refractivity contribution in [2.45, 2.75) is 52.7 Å². The first-order valence-corrected chi connectivity index (χ1v) is 10.5. The molecule has 0 spiro atoms. The molecule has 0 bridgehead atoms. The number of amides is 2. The number of hydrogen-bond donors (Lipinski definition) is 1. The molecule has 0 saturated carbocycles. The summed E-state index contributed by atoms with van der Waals surface area (Å²) in [5, 5.41) is 4.12. The van der Waals surface area contributed by atoms with E-state index in [1.165, 1.54) is 4.90 Å². The second-order valence-corrected chi connectivity index (χ2v) is 9.11. The van der Waals surface area contributed by atoms with E-state index in [4.69, 9.17) is 27.9 Å². The zero-order valence-electron chi connectivity index (χ0n) is 18.0. The normalized spacial score (nSPS) is 12.2. The number of aryl methyl sites for hydroxylation is 1. The zero-order valence-corrected chi connectivity index (χ0v) is 19.5. The molecule has 0 radical (unpaired) electrons. The van der Waals surface area contributed by atoms with Crippen molar-refractivity contribution in [3.05, 3.63) is 63.6 Å². The quantitative estimate of drug-likeness (QED) is 0.644. The van der Waals surface area contributed by atoms with Crippen LogP contribution in [-0.4, -0.2) is 34.9 Å². The monoisotopic (exact) mass is 450 g/mol. The molecule has 5 nitrogen and oxygen atoms in total. The van der Waals surface area contributed by atoms with Crippen LogP contribution in [0.4, 0.5) is 0 Å². The number of ether oxygens (including phenoxy) is 1. The summed E-state index contributed by atoms with van der Waals surface area (Å²) in [5.74, 6) is -0.000829. The minimum atomic E-state index is -0.689. The van der Waals surface area contributed by atoms with Gasteiger partial charge in [0.25, 0.3) is 5.91 Å². The molecule has 0 fully saturated rings. The van der Waals surface area contributed by atoms with Gasteiger partial charge in [0.1, 0.15) is 11.8 Å². The highest BCUT2D eigenvalue weighted by molar-refractivity contribution is 6.31. The third kappa shape index (κ3) is 7.22. The lowest BCUT2D eigenvalue weighted by Gasteiger charge is -2.31. The number of nitrogens with zero attached hydrogens (tertiary/aromatic N) is 1. The summed E-state index contributed by atoms with van der Waals surface area (Å²) in [5.41, 5.74) is 1.27. The van der Waals surface area contributed by atoms with Gasteiger partial charge in [0, 0.05) is 22.1 Å². The van der Waals surface area contributed by atoms with E-state index in [9.17, 15) is 9.59 Å². The molecule has 0 aliphatic carbocycles. The minimum Gasteiger partial charge on any atom is -0.484 e. The highest BCUT2D eigenvalue weighted by Gasteiger charge is 2.28. The molecule has 2 amide bonds. The van der Waals surface area contributed by atoms with Crippen molar-refractivity contribution >= 4 is 35.0 Å². The summed E-state index contributed by atoms with van der Waals surface area (Å²) < 4.78 is 5.67. The molecule has 0 heterocycles. The Kier molecular flexibility index (Phi) is 8.16. The lowest BCUT2D eigenvalue weighted by Crippen LogP contribution is -2.53. The van der Waals surface area contributed by atoms with Crippen molar-refractivity contribution < 1.29 is 14.3 Å². The molecule has 0 saturated heterocycles. The fraction of sp³-hybridized carbons (Fsp3) is 0.391. The Labute approximate surface area is 188 Å². The highest BCUT2D eigenvalue weighted by Crippen LogP contribution is 2.21. The summed E-state index contributed by atoms with van der Waals surface area (Å²) in [4.78, 5) is 27.3. The molecule has 1 atom stereocenters. The van der Waals surface area contributed by atoms with Crippen molar-refractivity contribution in [3.63, 3.8) is 0 Å². The van der Waals surface area contributed by atoms with Gasteiger partial charge in [-0.1, -0.05) is 35.3 Å². The standard InChI is InChI=1S/C23H28Cl2N2O3/c1-15-11-19(9-10-20(15)25)30-14-21(28)27(13-17-7-6-8-18(24)12-17)16(2)22(29)26-23(3,4)5/h6-12,16H,13-14H2,1-5H3,(H,26,29)/t16-/m1/s1. The third-order valence-corrected chi connectivity index (χ3v) is 5.06. The van der Waals surface area contributed by atoms with E-state index >= 15 is 0 Å². The summed E-state index contributed by atoms with van der Waals surface area (Å²) in [6, 6.07) is 11.7. The average molecular weight is 451 g/mol. The molecule has 162 valence electrons. The van der Waals surface area contributed by atoms with E-state index in [0.717, 1.165) is 11.1 Å². The van der Waals surface area contributed by atoms with Gasteiger partial charge < -0.3 is 15.0 Å². The average Bonchev–Trinajstić information content (AvgIpc) is 2.65. The van der Waals surface area contributed by atoms with E-state index in [0.29, 0.717) is 15.8 Å². The van der Waals surface area contributed by atoms with Gasteiger partial charge in [-0.25, -0.2) is 0 Å². The van der Waals surface area contributed by atoms with Gasteiger partial charge in [0.2, 0.25) is 5.91 Å². The Morgan fingerprint density at radius 3 is 2.43 bits per heavy atom. The highest BCUT2D eigenvalue weighted by atomic mass is 35.5. The van der Waals surface area contributed by atoms with Gasteiger partial charge in [0.05, 0.1) is 0 Å². The number of nitrogens with one attached hydrogen (secondary N) is 1. The van der Waals surface area contributed by atoms with Crippen LogP contribution in [0.25, 0.3) is 0 Å². The van der Waals surface area contributed by atoms with Crippen molar-refractivity contribution in [1.82, 2.24) is 10.2 Å². The van der Waals surface area contributed by atoms with Crippen LogP contribution in [0.15, 0.2) is 42.5 Å². The second kappa shape index (κ2) is 10.2. The number of hydrogen-bond acceptors (Lipinski definition) is 3. The fourth-order valence-corrected chi connectivity index (χ4v) is 3.15. The van der Waals surface area contributed by atoms with Gasteiger partial charge in [0.15, 0.2) is 6.61 Å². The molecule has 0 aliphatic rings. The molecule has 0 aliphatic heterocycles. The van der Waals surface area contributed by atoms with E-state index in [1.54, 1.807) is 37.3 Å².